The zero-order valence-electron chi connectivity index (χ0n) is 8.83. The molecule has 0 radical (unpaired) electrons. The molecule has 2 atom stereocenters. The van der Waals surface area contributed by atoms with Crippen LogP contribution in [0.2, 0.25) is 0 Å². The SMILES string of the molecule is O=c1nccc(NC[C@H]2COP(=O)(O)CO2)[nH]1. The molecule has 1 unspecified atom stereocenters. The molecule has 0 saturated carbocycles. The Kier molecular flexibility index (Phi) is 3.58. The molecule has 2 rings (SSSR count). The Bertz CT molecular complexity index is 478. The molecule has 0 amide bonds. The number of ether oxygens (including phenoxy) is 1. The fourth-order valence-corrected chi connectivity index (χ4v) is 2.17. The number of anilines is 1. The fourth-order valence-electron chi connectivity index (χ4n) is 1.30. The van der Waals surface area contributed by atoms with Crippen LogP contribution in [0, 0.1) is 0 Å². The lowest BCUT2D eigenvalue weighted by molar-refractivity contribution is 0.00876. The maximum absolute atomic E-state index is 11.0. The summed E-state index contributed by atoms with van der Waals surface area (Å²) in [6.07, 6.45) is 0.731. The quantitative estimate of drug-likeness (QED) is 0.642. The van der Waals surface area contributed by atoms with Gasteiger partial charge in [-0.15, -0.1) is 0 Å². The van der Waals surface area contributed by atoms with E-state index in [1.54, 1.807) is 6.07 Å². The highest BCUT2D eigenvalue weighted by Gasteiger charge is 2.29. The van der Waals surface area contributed by atoms with Crippen LogP contribution in [0.15, 0.2) is 17.1 Å². The topological polar surface area (TPSA) is 114 Å². The van der Waals surface area contributed by atoms with Crippen molar-refractivity contribution in [3.63, 3.8) is 0 Å². The minimum Gasteiger partial charge on any atom is -0.369 e. The lowest BCUT2D eigenvalue weighted by Gasteiger charge is -2.26. The molecule has 17 heavy (non-hydrogen) atoms. The number of H-pyrrole nitrogens is 1. The lowest BCUT2D eigenvalue weighted by Crippen LogP contribution is -2.32. The predicted octanol–water partition coefficient (Wildman–Crippen LogP) is -0.260. The van der Waals surface area contributed by atoms with Crippen LogP contribution in [-0.2, 0) is 13.8 Å². The van der Waals surface area contributed by atoms with Crippen molar-refractivity contribution in [3.8, 4) is 0 Å². The van der Waals surface area contributed by atoms with Gasteiger partial charge in [0.1, 0.15) is 12.2 Å². The summed E-state index contributed by atoms with van der Waals surface area (Å²) < 4.78 is 20.9. The van der Waals surface area contributed by atoms with Crippen LogP contribution in [0.5, 0.6) is 0 Å². The van der Waals surface area contributed by atoms with Crippen molar-refractivity contribution in [2.45, 2.75) is 6.10 Å². The van der Waals surface area contributed by atoms with E-state index in [2.05, 4.69) is 15.3 Å². The van der Waals surface area contributed by atoms with Gasteiger partial charge in [0.15, 0.2) is 0 Å². The van der Waals surface area contributed by atoms with Crippen LogP contribution < -0.4 is 11.0 Å². The van der Waals surface area contributed by atoms with Crippen molar-refractivity contribution in [2.75, 3.05) is 24.8 Å². The maximum Gasteiger partial charge on any atom is 0.353 e. The maximum atomic E-state index is 11.0. The Labute approximate surface area is 96.5 Å². The standard InChI is InChI=1S/C8H12N3O5P/c12-8-9-2-1-7(11-8)10-3-6-4-16-17(13,14)5-15-6/h1-2,6H,3-5H2,(H,13,14)(H2,9,10,11,12)/t6-/m0/s1. The normalized spacial score (nSPS) is 28.9. The lowest BCUT2D eigenvalue weighted by atomic mass is 10.3. The van der Waals surface area contributed by atoms with Crippen molar-refractivity contribution in [3.05, 3.63) is 22.7 Å². The summed E-state index contributed by atoms with van der Waals surface area (Å²) in [5.74, 6) is 0.506. The highest BCUT2D eigenvalue weighted by molar-refractivity contribution is 7.52. The van der Waals surface area contributed by atoms with Gasteiger partial charge in [-0.05, 0) is 6.07 Å². The van der Waals surface area contributed by atoms with Gasteiger partial charge in [-0.2, -0.15) is 0 Å². The van der Waals surface area contributed by atoms with Gasteiger partial charge < -0.3 is 19.5 Å². The van der Waals surface area contributed by atoms with Gasteiger partial charge in [0.2, 0.25) is 0 Å². The highest BCUT2D eigenvalue weighted by Crippen LogP contribution is 2.44. The third-order valence-electron chi connectivity index (χ3n) is 2.13. The van der Waals surface area contributed by atoms with E-state index in [-0.39, 0.29) is 19.1 Å². The van der Waals surface area contributed by atoms with E-state index in [0.717, 1.165) is 0 Å². The molecule has 9 heteroatoms. The average molecular weight is 261 g/mol. The van der Waals surface area contributed by atoms with Crippen molar-refractivity contribution >= 4 is 13.4 Å². The Morgan fingerprint density at radius 1 is 1.71 bits per heavy atom. The van der Waals surface area contributed by atoms with Crippen LogP contribution in [0.3, 0.4) is 0 Å². The second-order valence-corrected chi connectivity index (χ2v) is 5.31. The summed E-state index contributed by atoms with van der Waals surface area (Å²) in [4.78, 5) is 25.9. The van der Waals surface area contributed by atoms with Crippen molar-refractivity contribution < 1.29 is 18.7 Å². The van der Waals surface area contributed by atoms with Gasteiger partial charge in [-0.1, -0.05) is 0 Å². The van der Waals surface area contributed by atoms with Crippen molar-refractivity contribution in [1.82, 2.24) is 9.97 Å². The third-order valence-corrected chi connectivity index (χ3v) is 3.16. The molecule has 2 heterocycles. The molecule has 0 bridgehead atoms. The Morgan fingerprint density at radius 3 is 3.18 bits per heavy atom. The van der Waals surface area contributed by atoms with Gasteiger partial charge in [0.05, 0.1) is 12.7 Å². The molecule has 1 fully saturated rings. The number of hydrogen-bond donors (Lipinski definition) is 3. The minimum atomic E-state index is -3.55. The summed E-state index contributed by atoms with van der Waals surface area (Å²) in [6.45, 7) is 0.399. The van der Waals surface area contributed by atoms with Gasteiger partial charge in [0, 0.05) is 12.7 Å². The molecule has 1 aromatic heterocycles. The first-order chi connectivity index (χ1) is 8.05. The average Bonchev–Trinajstić information content (AvgIpc) is 2.28. The molecule has 1 saturated heterocycles. The van der Waals surface area contributed by atoms with Gasteiger partial charge in [-0.3, -0.25) is 9.55 Å². The largest absolute Gasteiger partial charge is 0.369 e. The molecule has 94 valence electrons. The molecule has 0 aromatic carbocycles. The molecule has 3 N–H and O–H groups in total. The summed E-state index contributed by atoms with van der Waals surface area (Å²) in [7, 11) is -3.55. The summed E-state index contributed by atoms with van der Waals surface area (Å²) in [6, 6.07) is 1.60. The van der Waals surface area contributed by atoms with Crippen LogP contribution >= 0.6 is 7.60 Å². The van der Waals surface area contributed by atoms with Gasteiger partial charge in [0.25, 0.3) is 0 Å². The van der Waals surface area contributed by atoms with E-state index in [1.165, 1.54) is 6.20 Å². The Hall–Kier alpha value is -1.21. The van der Waals surface area contributed by atoms with Crippen LogP contribution in [0.1, 0.15) is 0 Å². The number of aromatic amines is 1. The van der Waals surface area contributed by atoms with E-state index in [1.807, 2.05) is 0 Å². The number of rotatable bonds is 3. The third kappa shape index (κ3) is 3.64. The van der Waals surface area contributed by atoms with E-state index < -0.39 is 13.3 Å². The highest BCUT2D eigenvalue weighted by atomic mass is 31.2. The molecule has 8 nitrogen and oxygen atoms in total. The zero-order chi connectivity index (χ0) is 12.3. The number of hydrogen-bond acceptors (Lipinski definition) is 6. The van der Waals surface area contributed by atoms with Crippen LogP contribution in [-0.4, -0.2) is 40.5 Å². The van der Waals surface area contributed by atoms with E-state index in [9.17, 15) is 9.36 Å². The molecule has 1 aliphatic heterocycles. The second kappa shape index (κ2) is 4.97. The van der Waals surface area contributed by atoms with Crippen LogP contribution in [0.4, 0.5) is 5.82 Å². The predicted molar refractivity (Wildman–Crippen MR) is 58.9 cm³/mol. The Balaban J connectivity index is 1.84. The smallest absolute Gasteiger partial charge is 0.353 e. The molecule has 1 aromatic rings. The monoisotopic (exact) mass is 261 g/mol. The van der Waals surface area contributed by atoms with Gasteiger partial charge >= 0.3 is 13.3 Å². The van der Waals surface area contributed by atoms with Gasteiger partial charge in [-0.25, -0.2) is 9.78 Å². The first-order valence-corrected chi connectivity index (χ1v) is 6.69. The van der Waals surface area contributed by atoms with E-state index in [4.69, 9.17) is 14.2 Å². The summed E-state index contributed by atoms with van der Waals surface area (Å²) >= 11 is 0. The van der Waals surface area contributed by atoms with Crippen molar-refractivity contribution in [1.29, 1.82) is 0 Å². The molecular formula is C8H12N3O5P. The fraction of sp³-hybridized carbons (Fsp3) is 0.500. The minimum absolute atomic E-state index is 0.0378. The summed E-state index contributed by atoms with van der Waals surface area (Å²) in [5, 5.41) is 2.91. The number of nitrogens with one attached hydrogen (secondary N) is 2. The first kappa shape index (κ1) is 12.3. The second-order valence-electron chi connectivity index (χ2n) is 3.52. The molecule has 1 aliphatic rings. The van der Waals surface area contributed by atoms with E-state index in [0.29, 0.717) is 12.4 Å². The molecule has 0 spiro atoms. The zero-order valence-corrected chi connectivity index (χ0v) is 9.72. The molecule has 0 aliphatic carbocycles. The van der Waals surface area contributed by atoms with Crippen LogP contribution in [0.25, 0.3) is 0 Å². The Morgan fingerprint density at radius 2 is 2.53 bits per heavy atom. The number of aromatic nitrogens is 2. The number of nitrogens with zero attached hydrogens (tertiary/aromatic N) is 1. The molecular weight excluding hydrogens is 249 g/mol. The summed E-state index contributed by atoms with van der Waals surface area (Å²) in [5.41, 5.74) is -0.448. The first-order valence-electron chi connectivity index (χ1n) is 4.92. The van der Waals surface area contributed by atoms with Crippen molar-refractivity contribution in [2.24, 2.45) is 0 Å². The van der Waals surface area contributed by atoms with E-state index >= 15 is 0 Å².